The minimum atomic E-state index is 0.287. The summed E-state index contributed by atoms with van der Waals surface area (Å²) in [5.74, 6) is 0. The number of fused-ring (bicyclic) bond motifs is 1. The van der Waals surface area contributed by atoms with Gasteiger partial charge in [-0.05, 0) is 53.1 Å². The van der Waals surface area contributed by atoms with Crippen LogP contribution in [-0.2, 0) is 13.5 Å². The zero-order chi connectivity index (χ0) is 16.6. The molecule has 0 amide bonds. The first kappa shape index (κ1) is 15.7. The number of benzene rings is 2. The Kier molecular flexibility index (Phi) is 3.93. The third-order valence-electron chi connectivity index (χ3n) is 4.17. The SMILES string of the molecule is Cc1ccc(CC(C)(C)C)cc1-c1c2ccccc2nc[n+]1C. The summed E-state index contributed by atoms with van der Waals surface area (Å²) in [5.41, 5.74) is 6.56. The third kappa shape index (κ3) is 3.26. The van der Waals surface area contributed by atoms with Gasteiger partial charge in [-0.1, -0.05) is 45.0 Å². The van der Waals surface area contributed by atoms with E-state index < -0.39 is 0 Å². The van der Waals surface area contributed by atoms with Crippen molar-refractivity contribution in [3.8, 4) is 11.3 Å². The van der Waals surface area contributed by atoms with Gasteiger partial charge in [-0.3, -0.25) is 0 Å². The molecule has 0 fully saturated rings. The van der Waals surface area contributed by atoms with Crippen molar-refractivity contribution < 1.29 is 4.57 Å². The van der Waals surface area contributed by atoms with E-state index in [4.69, 9.17) is 0 Å². The molecule has 0 saturated heterocycles. The van der Waals surface area contributed by atoms with Gasteiger partial charge in [0.05, 0.1) is 12.4 Å². The van der Waals surface area contributed by atoms with Crippen LogP contribution in [0.15, 0.2) is 48.8 Å². The van der Waals surface area contributed by atoms with Crippen molar-refractivity contribution in [1.82, 2.24) is 4.98 Å². The Morgan fingerprint density at radius 3 is 2.52 bits per heavy atom. The number of hydrogen-bond acceptors (Lipinski definition) is 1. The molecule has 0 N–H and O–H groups in total. The zero-order valence-electron chi connectivity index (χ0n) is 14.7. The maximum absolute atomic E-state index is 4.54. The van der Waals surface area contributed by atoms with Crippen molar-refractivity contribution in [1.29, 1.82) is 0 Å². The van der Waals surface area contributed by atoms with Gasteiger partial charge in [-0.2, -0.15) is 0 Å². The van der Waals surface area contributed by atoms with E-state index in [1.165, 1.54) is 27.8 Å². The highest BCUT2D eigenvalue weighted by Crippen LogP contribution is 2.29. The topological polar surface area (TPSA) is 16.8 Å². The number of aryl methyl sites for hydroxylation is 2. The number of aromatic nitrogens is 2. The fourth-order valence-corrected chi connectivity index (χ4v) is 3.16. The summed E-state index contributed by atoms with van der Waals surface area (Å²) >= 11 is 0. The molecule has 0 spiro atoms. The van der Waals surface area contributed by atoms with Crippen LogP contribution in [0.1, 0.15) is 31.9 Å². The minimum Gasteiger partial charge on any atom is -0.232 e. The molecule has 118 valence electrons. The fourth-order valence-electron chi connectivity index (χ4n) is 3.16. The molecule has 3 rings (SSSR count). The third-order valence-corrected chi connectivity index (χ3v) is 4.17. The number of hydrogen-bond donors (Lipinski definition) is 0. The molecule has 0 unspecified atom stereocenters. The lowest BCUT2D eigenvalue weighted by Crippen LogP contribution is -2.31. The molecule has 2 nitrogen and oxygen atoms in total. The molecule has 1 aromatic heterocycles. The lowest BCUT2D eigenvalue weighted by atomic mass is 9.86. The maximum atomic E-state index is 4.54. The lowest BCUT2D eigenvalue weighted by molar-refractivity contribution is -0.662. The van der Waals surface area contributed by atoms with Crippen LogP contribution >= 0.6 is 0 Å². The molecule has 0 radical (unpaired) electrons. The molecule has 0 atom stereocenters. The molecule has 2 heteroatoms. The van der Waals surface area contributed by atoms with Crippen LogP contribution in [0, 0.1) is 12.3 Å². The van der Waals surface area contributed by atoms with E-state index >= 15 is 0 Å². The number of para-hydroxylation sites is 1. The second kappa shape index (κ2) is 5.77. The van der Waals surface area contributed by atoms with Gasteiger partial charge >= 0.3 is 0 Å². The van der Waals surface area contributed by atoms with Gasteiger partial charge in [0.2, 0.25) is 0 Å². The second-order valence-corrected chi connectivity index (χ2v) is 7.61. The van der Waals surface area contributed by atoms with E-state index in [1.807, 2.05) is 12.4 Å². The molecule has 23 heavy (non-hydrogen) atoms. The molecule has 0 bridgehead atoms. The average Bonchev–Trinajstić information content (AvgIpc) is 2.48. The highest BCUT2D eigenvalue weighted by Gasteiger charge is 2.18. The van der Waals surface area contributed by atoms with Crippen molar-refractivity contribution in [3.05, 3.63) is 59.9 Å². The Morgan fingerprint density at radius 2 is 1.78 bits per heavy atom. The average molecular weight is 305 g/mol. The molecule has 0 saturated carbocycles. The standard InChI is InChI=1S/C21H25N2/c1-15-10-11-16(13-21(2,3)4)12-18(15)20-17-8-6-7-9-19(17)22-14-23(20)5/h6-12,14H,13H2,1-5H3/q+1. The molecular formula is C21H25N2+. The number of rotatable bonds is 2. The highest BCUT2D eigenvalue weighted by atomic mass is 15.0. The van der Waals surface area contributed by atoms with E-state index in [0.717, 1.165) is 11.9 Å². The molecule has 0 aliphatic rings. The van der Waals surface area contributed by atoms with Crippen LogP contribution in [-0.4, -0.2) is 4.98 Å². The van der Waals surface area contributed by atoms with Crippen LogP contribution in [0.5, 0.6) is 0 Å². The first-order chi connectivity index (χ1) is 10.8. The normalized spacial score (nSPS) is 11.9. The van der Waals surface area contributed by atoms with Gasteiger partial charge in [0.1, 0.15) is 5.69 Å². The van der Waals surface area contributed by atoms with Crippen LogP contribution in [0.4, 0.5) is 0 Å². The summed E-state index contributed by atoms with van der Waals surface area (Å²) in [6.07, 6.45) is 2.99. The quantitative estimate of drug-likeness (QED) is 0.631. The first-order valence-electron chi connectivity index (χ1n) is 8.18. The van der Waals surface area contributed by atoms with E-state index in [0.29, 0.717) is 0 Å². The van der Waals surface area contributed by atoms with E-state index in [-0.39, 0.29) is 5.41 Å². The van der Waals surface area contributed by atoms with E-state index in [9.17, 15) is 0 Å². The van der Waals surface area contributed by atoms with Gasteiger partial charge in [-0.25, -0.2) is 4.57 Å². The Labute approximate surface area is 138 Å². The Bertz CT molecular complexity index is 857. The van der Waals surface area contributed by atoms with E-state index in [2.05, 4.69) is 80.7 Å². The Morgan fingerprint density at radius 1 is 1.04 bits per heavy atom. The Hall–Kier alpha value is -2.22. The second-order valence-electron chi connectivity index (χ2n) is 7.61. The van der Waals surface area contributed by atoms with Crippen molar-refractivity contribution in [3.63, 3.8) is 0 Å². The highest BCUT2D eigenvalue weighted by molar-refractivity contribution is 5.91. The van der Waals surface area contributed by atoms with Crippen LogP contribution < -0.4 is 4.57 Å². The summed E-state index contributed by atoms with van der Waals surface area (Å²) in [7, 11) is 2.07. The van der Waals surface area contributed by atoms with Crippen molar-refractivity contribution in [2.75, 3.05) is 0 Å². The summed E-state index contributed by atoms with van der Waals surface area (Å²) < 4.78 is 2.13. The van der Waals surface area contributed by atoms with Gasteiger partial charge in [0, 0.05) is 5.56 Å². The van der Waals surface area contributed by atoms with Gasteiger partial charge in [0.15, 0.2) is 5.52 Å². The van der Waals surface area contributed by atoms with E-state index in [1.54, 1.807) is 0 Å². The largest absolute Gasteiger partial charge is 0.287 e. The molecular weight excluding hydrogens is 280 g/mol. The Balaban J connectivity index is 2.22. The summed E-state index contributed by atoms with van der Waals surface area (Å²) in [4.78, 5) is 4.54. The predicted molar refractivity (Wildman–Crippen MR) is 96.3 cm³/mol. The van der Waals surface area contributed by atoms with Crippen molar-refractivity contribution in [2.45, 2.75) is 34.1 Å². The summed E-state index contributed by atoms with van der Waals surface area (Å²) in [6, 6.07) is 15.2. The van der Waals surface area contributed by atoms with Gasteiger partial charge in [0.25, 0.3) is 6.33 Å². The lowest BCUT2D eigenvalue weighted by Gasteiger charge is -2.19. The number of nitrogens with zero attached hydrogens (tertiary/aromatic N) is 2. The molecule has 0 aliphatic heterocycles. The maximum Gasteiger partial charge on any atom is 0.287 e. The smallest absolute Gasteiger partial charge is 0.232 e. The van der Waals surface area contributed by atoms with Gasteiger partial charge < -0.3 is 0 Å². The minimum absolute atomic E-state index is 0.287. The summed E-state index contributed by atoms with van der Waals surface area (Å²) in [5, 5.41) is 1.20. The molecule has 1 heterocycles. The molecule has 3 aromatic rings. The summed E-state index contributed by atoms with van der Waals surface area (Å²) in [6.45, 7) is 9.04. The molecule has 0 aliphatic carbocycles. The zero-order valence-corrected chi connectivity index (χ0v) is 14.7. The van der Waals surface area contributed by atoms with Crippen molar-refractivity contribution >= 4 is 10.9 Å². The van der Waals surface area contributed by atoms with Gasteiger partial charge in [-0.15, -0.1) is 0 Å². The first-order valence-corrected chi connectivity index (χ1v) is 8.18. The van der Waals surface area contributed by atoms with Crippen LogP contribution in [0.3, 0.4) is 0 Å². The molecule has 2 aromatic carbocycles. The van der Waals surface area contributed by atoms with Crippen LogP contribution in [0.2, 0.25) is 0 Å². The van der Waals surface area contributed by atoms with Crippen LogP contribution in [0.25, 0.3) is 22.2 Å². The fraction of sp³-hybridized carbons (Fsp3) is 0.333. The monoisotopic (exact) mass is 305 g/mol. The van der Waals surface area contributed by atoms with Crippen molar-refractivity contribution in [2.24, 2.45) is 12.5 Å². The predicted octanol–water partition coefficient (Wildman–Crippen LogP) is 4.62.